The Hall–Kier alpha value is -4.34. The summed E-state index contributed by atoms with van der Waals surface area (Å²) in [5.41, 5.74) is 12.7. The van der Waals surface area contributed by atoms with Crippen molar-refractivity contribution in [2.75, 3.05) is 32.1 Å². The zero-order chi connectivity index (χ0) is 25.8. The SMILES string of the molecule is COc1ccc(-c2cnc(NCCc3ccccc3)c(=O)n2CC(=O)NCCCCN=C(N)N)cc1. The van der Waals surface area contributed by atoms with E-state index in [4.69, 9.17) is 16.2 Å². The number of hydrogen-bond donors (Lipinski definition) is 4. The van der Waals surface area contributed by atoms with Crippen molar-refractivity contribution in [2.24, 2.45) is 16.5 Å². The second-order valence-electron chi connectivity index (χ2n) is 8.14. The summed E-state index contributed by atoms with van der Waals surface area (Å²) in [4.78, 5) is 34.3. The highest BCUT2D eigenvalue weighted by atomic mass is 16.5. The van der Waals surface area contributed by atoms with E-state index in [1.807, 2.05) is 42.5 Å². The fourth-order valence-electron chi connectivity index (χ4n) is 3.60. The maximum absolute atomic E-state index is 13.3. The molecule has 3 aromatic rings. The highest BCUT2D eigenvalue weighted by Crippen LogP contribution is 2.21. The van der Waals surface area contributed by atoms with E-state index in [1.54, 1.807) is 25.4 Å². The van der Waals surface area contributed by atoms with E-state index in [0.717, 1.165) is 24.0 Å². The summed E-state index contributed by atoms with van der Waals surface area (Å²) < 4.78 is 6.67. The van der Waals surface area contributed by atoms with Gasteiger partial charge >= 0.3 is 0 Å². The lowest BCUT2D eigenvalue weighted by Crippen LogP contribution is -2.35. The third-order valence-corrected chi connectivity index (χ3v) is 5.49. The van der Waals surface area contributed by atoms with Gasteiger partial charge in [-0.15, -0.1) is 0 Å². The maximum Gasteiger partial charge on any atom is 0.294 e. The van der Waals surface area contributed by atoms with Crippen molar-refractivity contribution in [2.45, 2.75) is 25.8 Å². The highest BCUT2D eigenvalue weighted by molar-refractivity contribution is 5.77. The average molecular weight is 492 g/mol. The molecule has 0 aliphatic heterocycles. The zero-order valence-electron chi connectivity index (χ0n) is 20.4. The molecule has 36 heavy (non-hydrogen) atoms. The van der Waals surface area contributed by atoms with Crippen LogP contribution in [-0.2, 0) is 17.8 Å². The minimum absolute atomic E-state index is 0.0512. The van der Waals surface area contributed by atoms with E-state index in [9.17, 15) is 9.59 Å². The fraction of sp³-hybridized carbons (Fsp3) is 0.308. The third kappa shape index (κ3) is 7.86. The number of unbranched alkanes of at least 4 members (excludes halogenated alkanes) is 1. The predicted octanol–water partition coefficient (Wildman–Crippen LogP) is 1.74. The molecule has 0 saturated carbocycles. The molecule has 1 heterocycles. The molecule has 1 amide bonds. The predicted molar refractivity (Wildman–Crippen MR) is 142 cm³/mol. The first-order chi connectivity index (χ1) is 17.5. The second kappa shape index (κ2) is 13.5. The Morgan fingerprint density at radius 2 is 1.81 bits per heavy atom. The van der Waals surface area contributed by atoms with Gasteiger partial charge in [0.1, 0.15) is 12.3 Å². The largest absolute Gasteiger partial charge is 0.497 e. The number of aliphatic imine (C=N–C) groups is 1. The molecule has 0 atom stereocenters. The van der Waals surface area contributed by atoms with E-state index in [0.29, 0.717) is 37.5 Å². The van der Waals surface area contributed by atoms with Crippen molar-refractivity contribution in [3.8, 4) is 17.0 Å². The molecule has 0 spiro atoms. The monoisotopic (exact) mass is 491 g/mol. The molecule has 190 valence electrons. The molecule has 0 radical (unpaired) electrons. The van der Waals surface area contributed by atoms with Gasteiger partial charge in [0.15, 0.2) is 11.8 Å². The summed E-state index contributed by atoms with van der Waals surface area (Å²) in [6.07, 6.45) is 3.80. The Morgan fingerprint density at radius 1 is 1.06 bits per heavy atom. The standard InChI is InChI=1S/C26H33N7O3/c1-36-21-11-9-20(10-12-21)22-17-32-24(30-16-13-19-7-3-2-4-8-19)25(35)33(22)18-23(34)29-14-5-6-15-31-26(27)28/h2-4,7-12,17H,5-6,13-16,18H2,1H3,(H,29,34)(H,30,32)(H4,27,28,31). The van der Waals surface area contributed by atoms with E-state index in [2.05, 4.69) is 20.6 Å². The van der Waals surface area contributed by atoms with Gasteiger partial charge in [0, 0.05) is 25.2 Å². The van der Waals surface area contributed by atoms with Gasteiger partial charge in [-0.3, -0.25) is 19.1 Å². The number of methoxy groups -OCH3 is 1. The maximum atomic E-state index is 13.3. The molecular formula is C26H33N7O3. The number of ether oxygens (including phenoxy) is 1. The number of carbonyl (C=O) groups is 1. The molecule has 0 fully saturated rings. The van der Waals surface area contributed by atoms with Crippen LogP contribution in [0, 0.1) is 0 Å². The number of amides is 1. The van der Waals surface area contributed by atoms with Crippen molar-refractivity contribution in [3.63, 3.8) is 0 Å². The Labute approximate surface area is 210 Å². The molecule has 1 aromatic heterocycles. The molecule has 3 rings (SSSR count). The average Bonchev–Trinajstić information content (AvgIpc) is 2.89. The lowest BCUT2D eigenvalue weighted by molar-refractivity contribution is -0.121. The number of nitrogens with two attached hydrogens (primary N) is 2. The van der Waals surface area contributed by atoms with Crippen LogP contribution in [0.25, 0.3) is 11.3 Å². The Kier molecular flexibility index (Phi) is 9.87. The number of guanidine groups is 1. The third-order valence-electron chi connectivity index (χ3n) is 5.49. The van der Waals surface area contributed by atoms with Crippen LogP contribution in [0.5, 0.6) is 5.75 Å². The van der Waals surface area contributed by atoms with Gasteiger partial charge in [0.2, 0.25) is 5.91 Å². The first-order valence-corrected chi connectivity index (χ1v) is 11.8. The zero-order valence-corrected chi connectivity index (χ0v) is 20.4. The van der Waals surface area contributed by atoms with Crippen molar-refractivity contribution in [1.29, 1.82) is 0 Å². The van der Waals surface area contributed by atoms with Gasteiger partial charge in [-0.25, -0.2) is 4.98 Å². The number of nitrogens with zero attached hydrogens (tertiary/aromatic N) is 3. The van der Waals surface area contributed by atoms with Gasteiger partial charge in [-0.1, -0.05) is 30.3 Å². The number of nitrogens with one attached hydrogen (secondary N) is 2. The van der Waals surface area contributed by atoms with Gasteiger partial charge in [0.25, 0.3) is 5.56 Å². The van der Waals surface area contributed by atoms with E-state index in [1.165, 1.54) is 4.57 Å². The molecule has 0 aliphatic carbocycles. The van der Waals surface area contributed by atoms with Gasteiger partial charge in [-0.2, -0.15) is 0 Å². The first kappa shape index (κ1) is 26.3. The minimum atomic E-state index is -0.362. The smallest absolute Gasteiger partial charge is 0.294 e. The van der Waals surface area contributed by atoms with Crippen molar-refractivity contribution < 1.29 is 9.53 Å². The van der Waals surface area contributed by atoms with Crippen molar-refractivity contribution in [1.82, 2.24) is 14.9 Å². The van der Waals surface area contributed by atoms with Crippen LogP contribution in [-0.4, -0.2) is 48.2 Å². The first-order valence-electron chi connectivity index (χ1n) is 11.8. The summed E-state index contributed by atoms with van der Waals surface area (Å²) in [7, 11) is 1.59. The number of carbonyl (C=O) groups excluding carboxylic acids is 1. The molecule has 0 aliphatic rings. The molecule has 0 unspecified atom stereocenters. The van der Waals surface area contributed by atoms with E-state index >= 15 is 0 Å². The molecular weight excluding hydrogens is 458 g/mol. The van der Waals surface area contributed by atoms with E-state index in [-0.39, 0.29) is 29.8 Å². The quantitative estimate of drug-likeness (QED) is 0.162. The lowest BCUT2D eigenvalue weighted by atomic mass is 10.1. The summed E-state index contributed by atoms with van der Waals surface area (Å²) in [5.74, 6) is 0.678. The van der Waals surface area contributed by atoms with Crippen molar-refractivity contribution in [3.05, 3.63) is 76.7 Å². The van der Waals surface area contributed by atoms with Crippen LogP contribution in [0.4, 0.5) is 5.82 Å². The fourth-order valence-corrected chi connectivity index (χ4v) is 3.60. The van der Waals surface area contributed by atoms with Crippen molar-refractivity contribution >= 4 is 17.7 Å². The van der Waals surface area contributed by atoms with Crippen LogP contribution in [0.3, 0.4) is 0 Å². The van der Waals surface area contributed by atoms with Gasteiger partial charge in [0.05, 0.1) is 19.0 Å². The topological polar surface area (TPSA) is 150 Å². The number of anilines is 1. The summed E-state index contributed by atoms with van der Waals surface area (Å²) in [5, 5.41) is 5.98. The molecule has 10 heteroatoms. The number of aromatic nitrogens is 2. The highest BCUT2D eigenvalue weighted by Gasteiger charge is 2.15. The summed E-state index contributed by atoms with van der Waals surface area (Å²) in [6.45, 7) is 1.36. The van der Waals surface area contributed by atoms with Gasteiger partial charge < -0.3 is 26.8 Å². The normalized spacial score (nSPS) is 10.5. The summed E-state index contributed by atoms with van der Waals surface area (Å²) >= 11 is 0. The number of hydrogen-bond acceptors (Lipinski definition) is 6. The molecule has 6 N–H and O–H groups in total. The Morgan fingerprint density at radius 3 is 2.50 bits per heavy atom. The van der Waals surface area contributed by atoms with Crippen LogP contribution in [0.15, 0.2) is 70.6 Å². The molecule has 0 saturated heterocycles. The van der Waals surface area contributed by atoms with Crippen LogP contribution in [0.2, 0.25) is 0 Å². The number of benzene rings is 2. The second-order valence-corrected chi connectivity index (χ2v) is 8.14. The van der Waals surface area contributed by atoms with Crippen LogP contribution >= 0.6 is 0 Å². The van der Waals surface area contributed by atoms with Crippen LogP contribution in [0.1, 0.15) is 18.4 Å². The molecule has 2 aromatic carbocycles. The van der Waals surface area contributed by atoms with Gasteiger partial charge in [-0.05, 0) is 49.1 Å². The minimum Gasteiger partial charge on any atom is -0.497 e. The lowest BCUT2D eigenvalue weighted by Gasteiger charge is -2.15. The Bertz CT molecular complexity index is 1200. The molecule has 0 bridgehead atoms. The summed E-state index contributed by atoms with van der Waals surface area (Å²) in [6, 6.07) is 17.2. The van der Waals surface area contributed by atoms with Crippen LogP contribution < -0.4 is 32.4 Å². The number of rotatable bonds is 13. The van der Waals surface area contributed by atoms with E-state index < -0.39 is 0 Å². The molecule has 10 nitrogen and oxygen atoms in total. The Balaban J connectivity index is 1.73.